The van der Waals surface area contributed by atoms with Gasteiger partial charge in [0, 0.05) is 11.1 Å². The van der Waals surface area contributed by atoms with Crippen molar-refractivity contribution in [3.05, 3.63) is 59.4 Å². The lowest BCUT2D eigenvalue weighted by Gasteiger charge is -2.16. The Morgan fingerprint density at radius 1 is 1.00 bits per heavy atom. The lowest BCUT2D eigenvalue weighted by molar-refractivity contribution is 0.399. The molecule has 0 aliphatic carbocycles. The van der Waals surface area contributed by atoms with Gasteiger partial charge in [-0.05, 0) is 24.3 Å². The number of halogens is 2. The van der Waals surface area contributed by atoms with E-state index in [1.165, 1.54) is 6.07 Å². The minimum Gasteiger partial charge on any atom is -0.497 e. The van der Waals surface area contributed by atoms with E-state index >= 15 is 0 Å². The van der Waals surface area contributed by atoms with Crippen molar-refractivity contribution in [3.63, 3.8) is 0 Å². The fraction of sp³-hybridized carbons (Fsp3) is 0.200. The summed E-state index contributed by atoms with van der Waals surface area (Å²) in [6, 6.07) is 12.1. The molecule has 0 radical (unpaired) electrons. The van der Waals surface area contributed by atoms with Gasteiger partial charge in [-0.3, -0.25) is 0 Å². The van der Waals surface area contributed by atoms with Crippen LogP contribution in [0.2, 0.25) is 0 Å². The molecule has 2 aromatic rings. The summed E-state index contributed by atoms with van der Waals surface area (Å²) in [4.78, 5) is -0.293. The Morgan fingerprint density at radius 3 is 2.37 bits per heavy atom. The molecule has 0 aliphatic heterocycles. The fourth-order valence-electron chi connectivity index (χ4n) is 1.89. The van der Waals surface area contributed by atoms with Gasteiger partial charge < -0.3 is 9.47 Å². The highest BCUT2D eigenvalue weighted by atomic mass is 79.9. The Balaban J connectivity index is 2.48. The van der Waals surface area contributed by atoms with Crippen LogP contribution in [-0.4, -0.2) is 14.2 Å². The first-order valence-corrected chi connectivity index (χ1v) is 6.69. The van der Waals surface area contributed by atoms with Crippen LogP contribution in [0, 0.1) is 5.82 Å². The van der Waals surface area contributed by atoms with Crippen LogP contribution < -0.4 is 9.47 Å². The molecule has 100 valence electrons. The molecule has 4 heteroatoms. The number of rotatable bonds is 4. The molecule has 2 rings (SSSR count). The van der Waals surface area contributed by atoms with Crippen LogP contribution in [-0.2, 0) is 0 Å². The number of benzene rings is 2. The van der Waals surface area contributed by atoms with Crippen molar-refractivity contribution in [1.29, 1.82) is 0 Å². The molecular weight excluding hydrogens is 311 g/mol. The zero-order valence-corrected chi connectivity index (χ0v) is 12.3. The average Bonchev–Trinajstić information content (AvgIpc) is 2.46. The number of alkyl halides is 1. The zero-order valence-electron chi connectivity index (χ0n) is 10.7. The standard InChI is InChI=1S/C15H14BrFO2/c1-18-10-7-8-14(19-2)12(9-10)15(16)11-5-3-4-6-13(11)17/h3-9,15H,1-2H3. The number of hydrogen-bond acceptors (Lipinski definition) is 2. The minimum atomic E-state index is -0.293. The lowest BCUT2D eigenvalue weighted by atomic mass is 10.0. The number of ether oxygens (including phenoxy) is 2. The van der Waals surface area contributed by atoms with Crippen molar-refractivity contribution in [2.24, 2.45) is 0 Å². The Bertz CT molecular complexity index is 572. The molecule has 0 spiro atoms. The third kappa shape index (κ3) is 2.89. The smallest absolute Gasteiger partial charge is 0.127 e. The molecule has 0 N–H and O–H groups in total. The Kier molecular flexibility index (Phi) is 4.43. The summed E-state index contributed by atoms with van der Waals surface area (Å²) in [6.45, 7) is 0. The zero-order chi connectivity index (χ0) is 13.8. The van der Waals surface area contributed by atoms with E-state index in [1.807, 2.05) is 18.2 Å². The second kappa shape index (κ2) is 6.06. The summed E-state index contributed by atoms with van der Waals surface area (Å²) < 4.78 is 24.4. The second-order valence-electron chi connectivity index (χ2n) is 3.99. The van der Waals surface area contributed by atoms with Crippen molar-refractivity contribution < 1.29 is 13.9 Å². The molecule has 0 saturated carbocycles. The second-order valence-corrected chi connectivity index (χ2v) is 4.91. The van der Waals surface area contributed by atoms with Gasteiger partial charge in [0.15, 0.2) is 0 Å². The largest absolute Gasteiger partial charge is 0.497 e. The van der Waals surface area contributed by atoms with Crippen LogP contribution >= 0.6 is 15.9 Å². The molecular formula is C15H14BrFO2. The Hall–Kier alpha value is -1.55. The topological polar surface area (TPSA) is 18.5 Å². The van der Waals surface area contributed by atoms with Gasteiger partial charge in [0.2, 0.25) is 0 Å². The predicted molar refractivity (Wildman–Crippen MR) is 76.7 cm³/mol. The summed E-state index contributed by atoms with van der Waals surface area (Å²) in [6.07, 6.45) is 0. The van der Waals surface area contributed by atoms with Gasteiger partial charge in [-0.15, -0.1) is 0 Å². The van der Waals surface area contributed by atoms with E-state index in [1.54, 1.807) is 32.4 Å². The molecule has 1 atom stereocenters. The highest BCUT2D eigenvalue weighted by Crippen LogP contribution is 2.39. The van der Waals surface area contributed by atoms with Crippen molar-refractivity contribution >= 4 is 15.9 Å². The van der Waals surface area contributed by atoms with E-state index in [0.29, 0.717) is 17.1 Å². The quantitative estimate of drug-likeness (QED) is 0.779. The van der Waals surface area contributed by atoms with E-state index in [9.17, 15) is 4.39 Å². The first kappa shape index (κ1) is 13.9. The third-order valence-corrected chi connectivity index (χ3v) is 3.87. The van der Waals surface area contributed by atoms with Crippen molar-refractivity contribution in [3.8, 4) is 11.5 Å². The third-order valence-electron chi connectivity index (χ3n) is 2.89. The fourth-order valence-corrected chi connectivity index (χ4v) is 2.61. The lowest BCUT2D eigenvalue weighted by Crippen LogP contribution is -2.00. The first-order valence-electron chi connectivity index (χ1n) is 5.77. The van der Waals surface area contributed by atoms with Crippen LogP contribution in [0.1, 0.15) is 16.0 Å². The van der Waals surface area contributed by atoms with Gasteiger partial charge >= 0.3 is 0 Å². The predicted octanol–water partition coefficient (Wildman–Crippen LogP) is 4.33. The summed E-state index contributed by atoms with van der Waals surface area (Å²) in [5.41, 5.74) is 1.39. The van der Waals surface area contributed by atoms with Crippen LogP contribution in [0.3, 0.4) is 0 Å². The highest BCUT2D eigenvalue weighted by Gasteiger charge is 2.19. The van der Waals surface area contributed by atoms with E-state index in [0.717, 1.165) is 5.56 Å². The Labute approximate surface area is 120 Å². The van der Waals surface area contributed by atoms with Crippen molar-refractivity contribution in [1.82, 2.24) is 0 Å². The van der Waals surface area contributed by atoms with Crippen LogP contribution in [0.15, 0.2) is 42.5 Å². The van der Waals surface area contributed by atoms with Crippen molar-refractivity contribution in [2.75, 3.05) is 14.2 Å². The molecule has 1 unspecified atom stereocenters. The van der Waals surface area contributed by atoms with Crippen molar-refractivity contribution in [2.45, 2.75) is 4.83 Å². The molecule has 0 saturated heterocycles. The highest BCUT2D eigenvalue weighted by molar-refractivity contribution is 9.09. The summed E-state index contributed by atoms with van der Waals surface area (Å²) in [7, 11) is 3.18. The van der Waals surface area contributed by atoms with Crippen LogP contribution in [0.4, 0.5) is 4.39 Å². The summed E-state index contributed by atoms with van der Waals surface area (Å²) in [5.74, 6) is 1.14. The maximum absolute atomic E-state index is 13.8. The molecule has 0 heterocycles. The van der Waals surface area contributed by atoms with E-state index in [4.69, 9.17) is 9.47 Å². The van der Waals surface area contributed by atoms with Crippen LogP contribution in [0.25, 0.3) is 0 Å². The first-order chi connectivity index (χ1) is 9.17. The van der Waals surface area contributed by atoms with Gasteiger partial charge in [-0.2, -0.15) is 0 Å². The average molecular weight is 325 g/mol. The molecule has 0 amide bonds. The monoisotopic (exact) mass is 324 g/mol. The van der Waals surface area contributed by atoms with Gasteiger partial charge in [0.05, 0.1) is 19.0 Å². The van der Waals surface area contributed by atoms with E-state index < -0.39 is 0 Å². The maximum atomic E-state index is 13.8. The molecule has 0 aliphatic rings. The molecule has 0 bridgehead atoms. The SMILES string of the molecule is COc1ccc(OC)c(C(Br)c2ccccc2F)c1. The number of methoxy groups -OCH3 is 2. The van der Waals surface area contributed by atoms with Gasteiger partial charge in [-0.25, -0.2) is 4.39 Å². The summed E-state index contributed by atoms with van der Waals surface area (Å²) >= 11 is 3.52. The normalized spacial score (nSPS) is 12.0. The van der Waals surface area contributed by atoms with Gasteiger partial charge in [0.25, 0.3) is 0 Å². The van der Waals surface area contributed by atoms with Gasteiger partial charge in [-0.1, -0.05) is 34.1 Å². The molecule has 0 aromatic heterocycles. The number of hydrogen-bond donors (Lipinski definition) is 0. The van der Waals surface area contributed by atoms with E-state index in [-0.39, 0.29) is 10.6 Å². The molecule has 19 heavy (non-hydrogen) atoms. The van der Waals surface area contributed by atoms with Gasteiger partial charge in [0.1, 0.15) is 17.3 Å². The molecule has 0 fully saturated rings. The molecule has 2 nitrogen and oxygen atoms in total. The maximum Gasteiger partial charge on any atom is 0.127 e. The van der Waals surface area contributed by atoms with E-state index in [2.05, 4.69) is 15.9 Å². The summed E-state index contributed by atoms with van der Waals surface area (Å²) in [5, 5.41) is 0. The minimum absolute atomic E-state index is 0.255. The molecule has 2 aromatic carbocycles. The Morgan fingerprint density at radius 2 is 1.74 bits per heavy atom. The van der Waals surface area contributed by atoms with Crippen LogP contribution in [0.5, 0.6) is 11.5 Å².